The maximum absolute atomic E-state index is 12.9. The zero-order valence-corrected chi connectivity index (χ0v) is 9.95. The highest BCUT2D eigenvalue weighted by Crippen LogP contribution is 2.22. The van der Waals surface area contributed by atoms with Gasteiger partial charge in [0.25, 0.3) is 5.56 Å². The van der Waals surface area contributed by atoms with Gasteiger partial charge in [0.05, 0.1) is 15.8 Å². The standard InChI is InChI=1S/C12H8FN3OS/c13-7-1-3-8(4-2-7)16-12(17)9-5-6-18-10(9)11(14)15-16/h1-6H,(H2,14,15). The number of thiophene rings is 1. The predicted molar refractivity (Wildman–Crippen MR) is 69.6 cm³/mol. The maximum Gasteiger partial charge on any atom is 0.280 e. The first-order valence-corrected chi connectivity index (χ1v) is 6.07. The van der Waals surface area contributed by atoms with Crippen molar-refractivity contribution >= 4 is 27.2 Å². The molecule has 2 N–H and O–H groups in total. The van der Waals surface area contributed by atoms with Crippen molar-refractivity contribution in [3.8, 4) is 5.69 Å². The van der Waals surface area contributed by atoms with E-state index in [1.165, 1.54) is 40.3 Å². The van der Waals surface area contributed by atoms with Gasteiger partial charge in [0.15, 0.2) is 5.82 Å². The molecule has 0 aliphatic heterocycles. The number of nitrogens with zero attached hydrogens (tertiary/aromatic N) is 2. The molecule has 0 radical (unpaired) electrons. The van der Waals surface area contributed by atoms with Crippen molar-refractivity contribution in [1.82, 2.24) is 9.78 Å². The third-order valence-corrected chi connectivity index (χ3v) is 3.54. The van der Waals surface area contributed by atoms with Crippen LogP contribution in [0.5, 0.6) is 0 Å². The molecule has 0 aliphatic rings. The molecule has 0 saturated heterocycles. The van der Waals surface area contributed by atoms with Crippen LogP contribution in [0.4, 0.5) is 10.2 Å². The highest BCUT2D eigenvalue weighted by molar-refractivity contribution is 7.17. The van der Waals surface area contributed by atoms with E-state index in [1.54, 1.807) is 11.4 Å². The molecule has 3 rings (SSSR count). The summed E-state index contributed by atoms with van der Waals surface area (Å²) in [5, 5.41) is 6.36. The Labute approximate surface area is 105 Å². The lowest BCUT2D eigenvalue weighted by molar-refractivity contribution is 0.626. The number of benzene rings is 1. The first-order chi connectivity index (χ1) is 8.66. The number of aromatic nitrogens is 2. The van der Waals surface area contributed by atoms with Crippen LogP contribution in [-0.4, -0.2) is 9.78 Å². The summed E-state index contributed by atoms with van der Waals surface area (Å²) in [5.74, 6) is -0.0692. The molecular weight excluding hydrogens is 253 g/mol. The monoisotopic (exact) mass is 261 g/mol. The Kier molecular flexibility index (Phi) is 2.38. The largest absolute Gasteiger partial charge is 0.381 e. The number of hydrogen-bond acceptors (Lipinski definition) is 4. The number of nitrogen functional groups attached to an aromatic ring is 1. The molecule has 0 amide bonds. The second-order valence-corrected chi connectivity index (χ2v) is 4.66. The fourth-order valence-corrected chi connectivity index (χ4v) is 2.53. The Balaban J connectivity index is 2.32. The number of fused-ring (bicyclic) bond motifs is 1. The van der Waals surface area contributed by atoms with Gasteiger partial charge in [0.2, 0.25) is 0 Å². The Bertz CT molecular complexity index is 776. The summed E-state index contributed by atoms with van der Waals surface area (Å²) in [6.07, 6.45) is 0. The highest BCUT2D eigenvalue weighted by atomic mass is 32.1. The SMILES string of the molecule is Nc1nn(-c2ccc(F)cc2)c(=O)c2ccsc12. The quantitative estimate of drug-likeness (QED) is 0.730. The first kappa shape index (κ1) is 10.9. The van der Waals surface area contributed by atoms with Gasteiger partial charge in [-0.1, -0.05) is 0 Å². The molecule has 0 spiro atoms. The number of hydrogen-bond donors (Lipinski definition) is 1. The lowest BCUT2D eigenvalue weighted by Crippen LogP contribution is -2.21. The molecule has 2 aromatic heterocycles. The molecule has 18 heavy (non-hydrogen) atoms. The molecule has 0 unspecified atom stereocenters. The normalized spacial score (nSPS) is 10.9. The van der Waals surface area contributed by atoms with Crippen LogP contribution >= 0.6 is 11.3 Å². The topological polar surface area (TPSA) is 60.9 Å². The van der Waals surface area contributed by atoms with Crippen LogP contribution < -0.4 is 11.3 Å². The lowest BCUT2D eigenvalue weighted by Gasteiger charge is -2.05. The molecule has 3 aromatic rings. The van der Waals surface area contributed by atoms with Gasteiger partial charge < -0.3 is 5.73 Å². The average molecular weight is 261 g/mol. The third kappa shape index (κ3) is 1.58. The Morgan fingerprint density at radius 2 is 1.94 bits per heavy atom. The van der Waals surface area contributed by atoms with Crippen molar-refractivity contribution in [2.45, 2.75) is 0 Å². The van der Waals surface area contributed by atoms with E-state index < -0.39 is 0 Å². The van der Waals surface area contributed by atoms with Crippen LogP contribution in [0.1, 0.15) is 0 Å². The van der Waals surface area contributed by atoms with Crippen LogP contribution in [0.2, 0.25) is 0 Å². The first-order valence-electron chi connectivity index (χ1n) is 5.19. The van der Waals surface area contributed by atoms with E-state index in [0.29, 0.717) is 21.6 Å². The van der Waals surface area contributed by atoms with E-state index in [9.17, 15) is 9.18 Å². The van der Waals surface area contributed by atoms with Crippen molar-refractivity contribution in [2.24, 2.45) is 0 Å². The molecular formula is C12H8FN3OS. The van der Waals surface area contributed by atoms with Gasteiger partial charge in [-0.05, 0) is 35.7 Å². The number of anilines is 1. The van der Waals surface area contributed by atoms with Crippen LogP contribution in [-0.2, 0) is 0 Å². The van der Waals surface area contributed by atoms with E-state index in [4.69, 9.17) is 5.73 Å². The smallest absolute Gasteiger partial charge is 0.280 e. The van der Waals surface area contributed by atoms with Crippen molar-refractivity contribution < 1.29 is 4.39 Å². The van der Waals surface area contributed by atoms with Gasteiger partial charge in [-0.15, -0.1) is 16.4 Å². The predicted octanol–water partition coefficient (Wildman–Crippen LogP) is 2.17. The summed E-state index contributed by atoms with van der Waals surface area (Å²) in [5.41, 5.74) is 6.03. The fourth-order valence-electron chi connectivity index (χ4n) is 1.75. The molecule has 0 atom stereocenters. The van der Waals surface area contributed by atoms with Crippen LogP contribution in [0, 0.1) is 5.82 Å². The van der Waals surface area contributed by atoms with Gasteiger partial charge in [0, 0.05) is 0 Å². The van der Waals surface area contributed by atoms with Crippen LogP contribution in [0.25, 0.3) is 15.8 Å². The lowest BCUT2D eigenvalue weighted by atomic mass is 10.3. The summed E-state index contributed by atoms with van der Waals surface area (Å²) < 4.78 is 14.7. The van der Waals surface area contributed by atoms with Gasteiger partial charge in [-0.2, -0.15) is 4.68 Å². The second kappa shape index (κ2) is 3.92. The van der Waals surface area contributed by atoms with E-state index in [0.717, 1.165) is 0 Å². The minimum Gasteiger partial charge on any atom is -0.381 e. The van der Waals surface area contributed by atoms with E-state index in [2.05, 4.69) is 5.10 Å². The average Bonchev–Trinajstić information content (AvgIpc) is 2.85. The molecule has 90 valence electrons. The molecule has 2 heterocycles. The number of halogens is 1. The summed E-state index contributed by atoms with van der Waals surface area (Å²) in [4.78, 5) is 12.2. The van der Waals surface area contributed by atoms with E-state index >= 15 is 0 Å². The minimum atomic E-state index is -0.364. The Morgan fingerprint density at radius 3 is 2.67 bits per heavy atom. The minimum absolute atomic E-state index is 0.257. The molecule has 1 aromatic carbocycles. The van der Waals surface area contributed by atoms with Crippen molar-refractivity contribution in [2.75, 3.05) is 5.73 Å². The van der Waals surface area contributed by atoms with Crippen molar-refractivity contribution in [1.29, 1.82) is 0 Å². The van der Waals surface area contributed by atoms with E-state index in [1.807, 2.05) is 0 Å². The van der Waals surface area contributed by atoms with Gasteiger partial charge in [0.1, 0.15) is 5.82 Å². The van der Waals surface area contributed by atoms with E-state index in [-0.39, 0.29) is 11.4 Å². The van der Waals surface area contributed by atoms with Crippen LogP contribution in [0.15, 0.2) is 40.5 Å². The summed E-state index contributed by atoms with van der Waals surface area (Å²) in [7, 11) is 0. The molecule has 0 fully saturated rings. The Hall–Kier alpha value is -2.21. The third-order valence-electron chi connectivity index (χ3n) is 2.60. The molecule has 4 nitrogen and oxygen atoms in total. The van der Waals surface area contributed by atoms with Gasteiger partial charge in [-0.25, -0.2) is 4.39 Å². The molecule has 0 bridgehead atoms. The maximum atomic E-state index is 12.9. The number of nitrogens with two attached hydrogens (primary N) is 1. The van der Waals surface area contributed by atoms with Crippen LogP contribution in [0.3, 0.4) is 0 Å². The van der Waals surface area contributed by atoms with Crippen molar-refractivity contribution in [3.63, 3.8) is 0 Å². The molecule has 6 heteroatoms. The number of rotatable bonds is 1. The summed E-state index contributed by atoms with van der Waals surface area (Å²) >= 11 is 1.37. The zero-order chi connectivity index (χ0) is 12.7. The molecule has 0 aliphatic carbocycles. The second-order valence-electron chi connectivity index (χ2n) is 3.74. The Morgan fingerprint density at radius 1 is 1.22 bits per heavy atom. The van der Waals surface area contributed by atoms with Gasteiger partial charge >= 0.3 is 0 Å². The van der Waals surface area contributed by atoms with Crippen molar-refractivity contribution in [3.05, 3.63) is 51.9 Å². The highest BCUT2D eigenvalue weighted by Gasteiger charge is 2.10. The summed E-state index contributed by atoms with van der Waals surface area (Å²) in [6, 6.07) is 7.23. The summed E-state index contributed by atoms with van der Waals surface area (Å²) in [6.45, 7) is 0. The fraction of sp³-hybridized carbons (Fsp3) is 0. The van der Waals surface area contributed by atoms with Gasteiger partial charge in [-0.3, -0.25) is 4.79 Å². The zero-order valence-electron chi connectivity index (χ0n) is 9.13. The molecule has 0 saturated carbocycles.